The van der Waals surface area contributed by atoms with E-state index in [9.17, 15) is 0 Å². The number of ether oxygens (including phenoxy) is 1. The molecule has 20 heavy (non-hydrogen) atoms. The molecule has 0 bridgehead atoms. The number of rotatable bonds is 9. The third-order valence-corrected chi connectivity index (χ3v) is 3.63. The van der Waals surface area contributed by atoms with Crippen molar-refractivity contribution in [2.75, 3.05) is 20.2 Å². The van der Waals surface area contributed by atoms with Crippen molar-refractivity contribution in [2.45, 2.75) is 73.0 Å². The lowest BCUT2D eigenvalue weighted by Gasteiger charge is -2.26. The molecule has 0 fully saturated rings. The van der Waals surface area contributed by atoms with Gasteiger partial charge in [-0.05, 0) is 46.1 Å². The van der Waals surface area contributed by atoms with E-state index >= 15 is 0 Å². The van der Waals surface area contributed by atoms with Crippen LogP contribution in [0.2, 0.25) is 0 Å². The molecule has 118 valence electrons. The third kappa shape index (κ3) is 11.3. The average Bonchev–Trinajstić information content (AvgIpc) is 2.37. The van der Waals surface area contributed by atoms with E-state index in [0.717, 1.165) is 18.9 Å². The summed E-state index contributed by atoms with van der Waals surface area (Å²) in [5.41, 5.74) is 0. The van der Waals surface area contributed by atoms with Gasteiger partial charge in [-0.1, -0.05) is 39.5 Å². The second-order valence-corrected chi connectivity index (χ2v) is 6.69. The van der Waals surface area contributed by atoms with Crippen molar-refractivity contribution < 1.29 is 4.74 Å². The van der Waals surface area contributed by atoms with Gasteiger partial charge in [0.25, 0.3) is 0 Å². The molecule has 2 unspecified atom stereocenters. The molecule has 0 saturated heterocycles. The smallest absolute Gasteiger partial charge is 0.108 e. The van der Waals surface area contributed by atoms with Gasteiger partial charge < -0.3 is 9.64 Å². The normalized spacial score (nSPS) is 14.5. The first kappa shape index (κ1) is 19.5. The fraction of sp³-hybridized carbons (Fsp3) is 0.889. The Bertz CT molecular complexity index is 288. The summed E-state index contributed by atoms with van der Waals surface area (Å²) in [6.07, 6.45) is 3.95. The minimum Gasteiger partial charge on any atom is -0.366 e. The topological polar surface area (TPSA) is 12.5 Å². The van der Waals surface area contributed by atoms with Crippen molar-refractivity contribution in [2.24, 2.45) is 11.8 Å². The number of hydrogen-bond donors (Lipinski definition) is 0. The molecular weight excluding hydrogens is 246 g/mol. The minimum atomic E-state index is 0.288. The Morgan fingerprint density at radius 1 is 0.950 bits per heavy atom. The van der Waals surface area contributed by atoms with E-state index in [0.29, 0.717) is 18.6 Å². The average molecular weight is 281 g/mol. The highest BCUT2D eigenvalue weighted by Crippen LogP contribution is 2.11. The van der Waals surface area contributed by atoms with Gasteiger partial charge in [-0.25, -0.2) is 0 Å². The van der Waals surface area contributed by atoms with E-state index < -0.39 is 0 Å². The van der Waals surface area contributed by atoms with Gasteiger partial charge in [0.2, 0.25) is 0 Å². The Kier molecular flexibility index (Phi) is 10.9. The molecule has 0 aliphatic carbocycles. The Morgan fingerprint density at radius 2 is 1.60 bits per heavy atom. The number of nitrogens with zero attached hydrogens (tertiary/aromatic N) is 1. The zero-order chi connectivity index (χ0) is 15.5. The van der Waals surface area contributed by atoms with E-state index in [-0.39, 0.29) is 6.10 Å². The van der Waals surface area contributed by atoms with E-state index in [1.165, 1.54) is 12.8 Å². The lowest BCUT2D eigenvalue weighted by molar-refractivity contribution is 0.0732. The van der Waals surface area contributed by atoms with E-state index in [1.807, 2.05) is 0 Å². The molecule has 2 nitrogen and oxygen atoms in total. The molecule has 0 amide bonds. The molecule has 0 radical (unpaired) electrons. The van der Waals surface area contributed by atoms with Crippen LogP contribution in [0.4, 0.5) is 0 Å². The monoisotopic (exact) mass is 281 g/mol. The first-order chi connectivity index (χ1) is 9.32. The van der Waals surface area contributed by atoms with Gasteiger partial charge >= 0.3 is 0 Å². The maximum Gasteiger partial charge on any atom is 0.108 e. The van der Waals surface area contributed by atoms with E-state index in [1.54, 1.807) is 0 Å². The molecule has 0 N–H and O–H groups in total. The van der Waals surface area contributed by atoms with Crippen molar-refractivity contribution in [3.05, 3.63) is 0 Å². The predicted molar refractivity (Wildman–Crippen MR) is 88.8 cm³/mol. The molecule has 0 saturated carbocycles. The molecular formula is C18H35NO. The van der Waals surface area contributed by atoms with E-state index in [4.69, 9.17) is 4.74 Å². The third-order valence-electron chi connectivity index (χ3n) is 3.63. The highest BCUT2D eigenvalue weighted by atomic mass is 16.5. The van der Waals surface area contributed by atoms with Gasteiger partial charge in [0.05, 0.1) is 6.10 Å². The van der Waals surface area contributed by atoms with Crippen LogP contribution in [0.15, 0.2) is 0 Å². The van der Waals surface area contributed by atoms with Crippen LogP contribution >= 0.6 is 0 Å². The van der Waals surface area contributed by atoms with Crippen LogP contribution in [0.1, 0.15) is 60.8 Å². The molecule has 0 spiro atoms. The van der Waals surface area contributed by atoms with Crippen molar-refractivity contribution >= 4 is 0 Å². The largest absolute Gasteiger partial charge is 0.366 e. The Hall–Kier alpha value is -0.520. The summed E-state index contributed by atoms with van der Waals surface area (Å²) in [4.78, 5) is 2.45. The van der Waals surface area contributed by atoms with Gasteiger partial charge in [-0.3, -0.25) is 0 Å². The maximum absolute atomic E-state index is 5.72. The molecule has 0 aliphatic heterocycles. The summed E-state index contributed by atoms with van der Waals surface area (Å²) in [6, 6.07) is 0.658. The molecule has 0 heterocycles. The van der Waals surface area contributed by atoms with Crippen molar-refractivity contribution in [1.29, 1.82) is 0 Å². The second kappa shape index (κ2) is 11.2. The quantitative estimate of drug-likeness (QED) is 0.587. The predicted octanol–water partition coefficient (Wildman–Crippen LogP) is 4.20. The van der Waals surface area contributed by atoms with Crippen LogP contribution in [-0.4, -0.2) is 37.2 Å². The summed E-state index contributed by atoms with van der Waals surface area (Å²) in [5.74, 6) is 7.43. The highest BCUT2D eigenvalue weighted by molar-refractivity contribution is 5.01. The summed E-state index contributed by atoms with van der Waals surface area (Å²) < 4.78 is 5.72. The molecule has 2 heteroatoms. The number of hydrogen-bond acceptors (Lipinski definition) is 2. The molecule has 0 aromatic carbocycles. The van der Waals surface area contributed by atoms with Crippen LogP contribution in [0.25, 0.3) is 0 Å². The van der Waals surface area contributed by atoms with Crippen LogP contribution in [0.3, 0.4) is 0 Å². The molecule has 0 rings (SSSR count). The maximum atomic E-state index is 5.72. The van der Waals surface area contributed by atoms with Crippen molar-refractivity contribution in [3.8, 4) is 11.8 Å². The Labute approximate surface area is 127 Å². The van der Waals surface area contributed by atoms with Gasteiger partial charge in [-0.15, -0.1) is 0 Å². The van der Waals surface area contributed by atoms with Crippen molar-refractivity contribution in [1.82, 2.24) is 4.90 Å². The fourth-order valence-corrected chi connectivity index (χ4v) is 1.91. The first-order valence-corrected chi connectivity index (χ1v) is 8.13. The molecule has 0 aromatic heterocycles. The van der Waals surface area contributed by atoms with Crippen LogP contribution in [0, 0.1) is 23.7 Å². The first-order valence-electron chi connectivity index (χ1n) is 8.13. The molecule has 0 aromatic rings. The summed E-state index contributed by atoms with van der Waals surface area (Å²) in [7, 11) is 2.22. The summed E-state index contributed by atoms with van der Waals surface area (Å²) >= 11 is 0. The summed E-state index contributed by atoms with van der Waals surface area (Å²) in [5, 5.41) is 0. The van der Waals surface area contributed by atoms with Crippen molar-refractivity contribution in [3.63, 3.8) is 0 Å². The lowest BCUT2D eigenvalue weighted by atomic mass is 10.0. The van der Waals surface area contributed by atoms with Gasteiger partial charge in [0.1, 0.15) is 6.61 Å². The van der Waals surface area contributed by atoms with Gasteiger partial charge in [0, 0.05) is 18.5 Å². The molecule has 2 atom stereocenters. The summed E-state index contributed by atoms with van der Waals surface area (Å²) in [6.45, 7) is 14.9. The second-order valence-electron chi connectivity index (χ2n) is 6.69. The van der Waals surface area contributed by atoms with Gasteiger partial charge in [0.15, 0.2) is 0 Å². The zero-order valence-corrected chi connectivity index (χ0v) is 14.7. The van der Waals surface area contributed by atoms with Crippen LogP contribution < -0.4 is 0 Å². The highest BCUT2D eigenvalue weighted by Gasteiger charge is 2.11. The Balaban J connectivity index is 3.77. The Morgan fingerprint density at radius 3 is 2.15 bits per heavy atom. The SMILES string of the molecule is CC(C)C#CCOC(C)CCN(C)C(C)CCC(C)C. The van der Waals surface area contributed by atoms with E-state index in [2.05, 4.69) is 65.3 Å². The van der Waals surface area contributed by atoms with Crippen LogP contribution in [0.5, 0.6) is 0 Å². The lowest BCUT2D eigenvalue weighted by Crippen LogP contribution is -2.32. The molecule has 0 aliphatic rings. The zero-order valence-electron chi connectivity index (χ0n) is 14.7. The van der Waals surface area contributed by atoms with Gasteiger partial charge in [-0.2, -0.15) is 0 Å². The minimum absolute atomic E-state index is 0.288. The fourth-order valence-electron chi connectivity index (χ4n) is 1.91. The standard InChI is InChI=1S/C18H35NO/c1-15(2)9-8-14-20-18(6)12-13-19(7)17(5)11-10-16(3)4/h15-18H,10-14H2,1-7H3. The van der Waals surface area contributed by atoms with Crippen LogP contribution in [-0.2, 0) is 4.74 Å².